The van der Waals surface area contributed by atoms with Crippen molar-refractivity contribution >= 4 is 22.7 Å². The van der Waals surface area contributed by atoms with Crippen LogP contribution in [0.3, 0.4) is 0 Å². The van der Waals surface area contributed by atoms with Crippen LogP contribution in [-0.2, 0) is 9.53 Å². The first-order valence-corrected chi connectivity index (χ1v) is 6.60. The van der Waals surface area contributed by atoms with Crippen molar-refractivity contribution in [2.75, 3.05) is 0 Å². The van der Waals surface area contributed by atoms with Crippen LogP contribution in [-0.4, -0.2) is 38.5 Å². The van der Waals surface area contributed by atoms with E-state index in [0.717, 1.165) is 10.8 Å². The summed E-state index contributed by atoms with van der Waals surface area (Å²) in [6, 6.07) is 6.53. The van der Waals surface area contributed by atoms with Gasteiger partial charge in [-0.05, 0) is 29.7 Å². The number of nitrogens with zero attached hydrogens (tertiary/aromatic N) is 3. The number of rotatable bonds is 3. The quantitative estimate of drug-likeness (QED) is 0.570. The number of benzene rings is 1. The first-order chi connectivity index (χ1) is 11.8. The Bertz CT molecular complexity index is 954. The largest absolute Gasteiger partial charge is 0.491 e. The Labute approximate surface area is 136 Å². The fourth-order valence-electron chi connectivity index (χ4n) is 1.85. The molecule has 2 aromatic heterocycles. The number of aromatic nitrogens is 4. The summed E-state index contributed by atoms with van der Waals surface area (Å²) in [6.45, 7) is 0. The van der Waals surface area contributed by atoms with Gasteiger partial charge >= 0.3 is 18.1 Å². The number of esters is 2. The molecule has 0 atom stereocenters. The molecule has 128 valence electrons. The molecular formula is C14H7F3N4O4. The minimum absolute atomic E-state index is 0.240. The van der Waals surface area contributed by atoms with Crippen LogP contribution in [0.15, 0.2) is 36.7 Å². The van der Waals surface area contributed by atoms with Gasteiger partial charge in [0.15, 0.2) is 0 Å². The van der Waals surface area contributed by atoms with E-state index in [1.165, 1.54) is 6.07 Å². The number of H-pyrrole nitrogens is 1. The van der Waals surface area contributed by atoms with E-state index in [-0.39, 0.29) is 5.75 Å². The number of pyridine rings is 1. The number of nitrogens with one attached hydrogen (secondary N) is 1. The molecule has 11 heteroatoms. The Morgan fingerprint density at radius 2 is 1.92 bits per heavy atom. The second kappa shape index (κ2) is 6.19. The molecule has 3 rings (SSSR count). The fraction of sp³-hybridized carbons (Fsp3) is 0.0714. The summed E-state index contributed by atoms with van der Waals surface area (Å²) < 4.78 is 45.5. The highest BCUT2D eigenvalue weighted by atomic mass is 19.4. The zero-order valence-corrected chi connectivity index (χ0v) is 12.1. The van der Waals surface area contributed by atoms with Gasteiger partial charge in [-0.15, -0.1) is 0 Å². The summed E-state index contributed by atoms with van der Waals surface area (Å²) in [5, 5.41) is 10.3. The molecule has 0 saturated carbocycles. The smallest absolute Gasteiger partial charge is 0.436 e. The van der Waals surface area contributed by atoms with E-state index in [1.54, 1.807) is 30.6 Å². The van der Waals surface area contributed by atoms with Crippen molar-refractivity contribution in [3.63, 3.8) is 0 Å². The normalized spacial score (nSPS) is 11.3. The molecule has 0 amide bonds. The van der Waals surface area contributed by atoms with Gasteiger partial charge in [0.1, 0.15) is 5.75 Å². The molecule has 0 bridgehead atoms. The summed E-state index contributed by atoms with van der Waals surface area (Å²) in [6.07, 6.45) is -2.12. The van der Waals surface area contributed by atoms with Gasteiger partial charge in [-0.3, -0.25) is 4.98 Å². The average molecular weight is 352 g/mol. The van der Waals surface area contributed by atoms with E-state index in [2.05, 4.69) is 20.0 Å². The predicted octanol–water partition coefficient (Wildman–Crippen LogP) is 2.39. The van der Waals surface area contributed by atoms with Crippen LogP contribution < -0.4 is 4.74 Å². The van der Waals surface area contributed by atoms with Gasteiger partial charge in [0.05, 0.1) is 0 Å². The maximum atomic E-state index is 12.1. The molecule has 1 N–H and O–H groups in total. The standard InChI is InChI=1S/C14H7F3N4O4/c15-14(16,17)13(23)25-12(22)10-11(20-21-19-10)24-9-2-1-8-6-18-4-3-7(8)5-9/h1-6H,(H,19,20,21). The van der Waals surface area contributed by atoms with E-state index in [1.807, 2.05) is 5.10 Å². The summed E-state index contributed by atoms with van der Waals surface area (Å²) in [5.74, 6) is -4.47. The predicted molar refractivity (Wildman–Crippen MR) is 74.7 cm³/mol. The molecule has 0 spiro atoms. The lowest BCUT2D eigenvalue weighted by atomic mass is 10.2. The first kappa shape index (κ1) is 16.4. The highest BCUT2D eigenvalue weighted by Gasteiger charge is 2.43. The summed E-state index contributed by atoms with van der Waals surface area (Å²) in [5.41, 5.74) is -0.632. The molecule has 1 aromatic carbocycles. The highest BCUT2D eigenvalue weighted by molar-refractivity contribution is 5.98. The van der Waals surface area contributed by atoms with Crippen LogP contribution in [0.25, 0.3) is 10.8 Å². The Morgan fingerprint density at radius 1 is 1.12 bits per heavy atom. The van der Waals surface area contributed by atoms with Crippen LogP contribution in [0, 0.1) is 0 Å². The van der Waals surface area contributed by atoms with Crippen molar-refractivity contribution in [3.8, 4) is 11.6 Å². The molecule has 0 aliphatic carbocycles. The number of carbonyl (C=O) groups excluding carboxylic acids is 2. The van der Waals surface area contributed by atoms with Crippen LogP contribution in [0.1, 0.15) is 10.5 Å². The zero-order valence-electron chi connectivity index (χ0n) is 12.1. The van der Waals surface area contributed by atoms with Gasteiger partial charge in [-0.2, -0.15) is 13.2 Å². The van der Waals surface area contributed by atoms with Crippen molar-refractivity contribution in [3.05, 3.63) is 42.4 Å². The number of halogens is 3. The third-order valence-electron chi connectivity index (χ3n) is 2.96. The van der Waals surface area contributed by atoms with E-state index in [9.17, 15) is 22.8 Å². The van der Waals surface area contributed by atoms with Gasteiger partial charge in [0.2, 0.25) is 5.69 Å². The van der Waals surface area contributed by atoms with Crippen molar-refractivity contribution in [1.29, 1.82) is 0 Å². The van der Waals surface area contributed by atoms with Gasteiger partial charge in [0, 0.05) is 17.8 Å². The van der Waals surface area contributed by atoms with Crippen LogP contribution in [0.5, 0.6) is 11.6 Å². The van der Waals surface area contributed by atoms with E-state index in [4.69, 9.17) is 4.74 Å². The molecule has 3 aromatic rings. The van der Waals surface area contributed by atoms with Crippen molar-refractivity contribution in [2.45, 2.75) is 6.18 Å². The summed E-state index contributed by atoms with van der Waals surface area (Å²) >= 11 is 0. The highest BCUT2D eigenvalue weighted by Crippen LogP contribution is 2.26. The minimum Gasteiger partial charge on any atom is -0.436 e. The fourth-order valence-corrected chi connectivity index (χ4v) is 1.85. The Kier molecular flexibility index (Phi) is 4.05. The number of hydrogen-bond donors (Lipinski definition) is 1. The number of alkyl halides is 3. The van der Waals surface area contributed by atoms with Gasteiger partial charge in [-0.1, -0.05) is 10.3 Å². The Hall–Kier alpha value is -3.50. The topological polar surface area (TPSA) is 107 Å². The Balaban J connectivity index is 1.81. The monoisotopic (exact) mass is 352 g/mol. The molecule has 0 fully saturated rings. The third-order valence-corrected chi connectivity index (χ3v) is 2.96. The molecule has 25 heavy (non-hydrogen) atoms. The Morgan fingerprint density at radius 3 is 2.68 bits per heavy atom. The van der Waals surface area contributed by atoms with Crippen molar-refractivity contribution in [2.24, 2.45) is 0 Å². The number of fused-ring (bicyclic) bond motifs is 1. The number of aromatic amines is 1. The molecule has 0 aliphatic heterocycles. The first-order valence-electron chi connectivity index (χ1n) is 6.60. The average Bonchev–Trinajstić information content (AvgIpc) is 3.02. The van der Waals surface area contributed by atoms with E-state index in [0.29, 0.717) is 0 Å². The van der Waals surface area contributed by atoms with Crippen molar-refractivity contribution < 1.29 is 32.2 Å². The number of ether oxygens (including phenoxy) is 2. The molecular weight excluding hydrogens is 345 g/mol. The third kappa shape index (κ3) is 3.54. The maximum absolute atomic E-state index is 12.1. The maximum Gasteiger partial charge on any atom is 0.491 e. The molecule has 8 nitrogen and oxygen atoms in total. The van der Waals surface area contributed by atoms with Crippen molar-refractivity contribution in [1.82, 2.24) is 20.4 Å². The molecule has 2 heterocycles. The lowest BCUT2D eigenvalue weighted by Gasteiger charge is -2.06. The SMILES string of the molecule is O=C(OC(=O)C(F)(F)F)c1[nH]nnc1Oc1ccc2cnccc2c1. The summed E-state index contributed by atoms with van der Waals surface area (Å²) in [7, 11) is 0. The second-order valence-corrected chi connectivity index (χ2v) is 4.65. The lowest BCUT2D eigenvalue weighted by molar-refractivity contribution is -0.193. The number of hydrogen-bond acceptors (Lipinski definition) is 7. The van der Waals surface area contributed by atoms with Crippen LogP contribution >= 0.6 is 0 Å². The summed E-state index contributed by atoms with van der Waals surface area (Å²) in [4.78, 5) is 26.3. The van der Waals surface area contributed by atoms with E-state index < -0.39 is 29.7 Å². The lowest BCUT2D eigenvalue weighted by Crippen LogP contribution is -2.28. The van der Waals surface area contributed by atoms with Crippen LogP contribution in [0.2, 0.25) is 0 Å². The van der Waals surface area contributed by atoms with Gasteiger partial charge in [-0.25, -0.2) is 14.7 Å². The van der Waals surface area contributed by atoms with Gasteiger partial charge < -0.3 is 9.47 Å². The zero-order chi connectivity index (χ0) is 18.0. The number of carbonyl (C=O) groups is 2. The molecule has 0 radical (unpaired) electrons. The molecule has 0 aliphatic rings. The van der Waals surface area contributed by atoms with Crippen LogP contribution in [0.4, 0.5) is 13.2 Å². The molecule has 0 saturated heterocycles. The molecule has 0 unspecified atom stereocenters. The minimum atomic E-state index is -5.31. The van der Waals surface area contributed by atoms with E-state index >= 15 is 0 Å². The second-order valence-electron chi connectivity index (χ2n) is 4.65. The van der Waals surface area contributed by atoms with Gasteiger partial charge in [0.25, 0.3) is 5.88 Å².